The van der Waals surface area contributed by atoms with Crippen LogP contribution in [0, 0.1) is 29.1 Å². The highest BCUT2D eigenvalue weighted by molar-refractivity contribution is 5.21. The Kier molecular flexibility index (Phi) is 0.735. The van der Waals surface area contributed by atoms with Gasteiger partial charge in [0.25, 0.3) is 0 Å². The van der Waals surface area contributed by atoms with Gasteiger partial charge in [-0.05, 0) is 48.3 Å². The molecule has 3 aliphatic rings. The van der Waals surface area contributed by atoms with Crippen LogP contribution in [0.4, 0.5) is 0 Å². The molecule has 0 radical (unpaired) electrons. The highest BCUT2D eigenvalue weighted by Crippen LogP contribution is 2.80. The van der Waals surface area contributed by atoms with Gasteiger partial charge < -0.3 is 0 Å². The minimum atomic E-state index is 0.930. The Labute approximate surface area is 63.0 Å². The molecule has 0 bridgehead atoms. The lowest BCUT2D eigenvalue weighted by atomic mass is 9.70. The summed E-state index contributed by atoms with van der Waals surface area (Å²) in [6.45, 7) is 4.94. The van der Waals surface area contributed by atoms with Crippen molar-refractivity contribution in [3.05, 3.63) is 0 Å². The van der Waals surface area contributed by atoms with E-state index < -0.39 is 0 Å². The summed E-state index contributed by atoms with van der Waals surface area (Å²) in [4.78, 5) is 0. The molecule has 1 spiro atoms. The first-order valence-electron chi connectivity index (χ1n) is 4.75. The molecule has 0 nitrogen and oxygen atoms in total. The zero-order chi connectivity index (χ0) is 6.93. The third kappa shape index (κ3) is 0.360. The van der Waals surface area contributed by atoms with Crippen molar-refractivity contribution >= 4 is 0 Å². The molecule has 5 unspecified atom stereocenters. The molecule has 0 saturated heterocycles. The van der Waals surface area contributed by atoms with Gasteiger partial charge in [0.1, 0.15) is 0 Å². The number of hydrogen-bond acceptors (Lipinski definition) is 0. The Hall–Kier alpha value is 0. The van der Waals surface area contributed by atoms with Crippen LogP contribution in [0.3, 0.4) is 0 Å². The maximum Gasteiger partial charge on any atom is -0.0209 e. The van der Waals surface area contributed by atoms with Crippen molar-refractivity contribution in [1.29, 1.82) is 0 Å². The predicted molar refractivity (Wildman–Crippen MR) is 41.6 cm³/mol. The molecule has 0 aliphatic heterocycles. The van der Waals surface area contributed by atoms with Crippen molar-refractivity contribution in [3.8, 4) is 0 Å². The third-order valence-corrected chi connectivity index (χ3v) is 4.76. The zero-order valence-electron chi connectivity index (χ0n) is 6.93. The Balaban J connectivity index is 1.97. The minimum absolute atomic E-state index is 0.930. The van der Waals surface area contributed by atoms with Gasteiger partial charge in [-0.1, -0.05) is 13.8 Å². The molecule has 3 rings (SSSR count). The molecule has 0 N–H and O–H groups in total. The van der Waals surface area contributed by atoms with E-state index >= 15 is 0 Å². The third-order valence-electron chi connectivity index (χ3n) is 4.76. The van der Waals surface area contributed by atoms with Crippen molar-refractivity contribution in [2.75, 3.05) is 0 Å². The average molecular weight is 136 g/mol. The summed E-state index contributed by atoms with van der Waals surface area (Å²) in [5.74, 6) is 4.49. The van der Waals surface area contributed by atoms with E-state index in [-0.39, 0.29) is 0 Å². The van der Waals surface area contributed by atoms with Crippen LogP contribution in [0.15, 0.2) is 0 Å². The minimum Gasteiger partial charge on any atom is -0.0622 e. The Morgan fingerprint density at radius 1 is 1.20 bits per heavy atom. The van der Waals surface area contributed by atoms with Crippen molar-refractivity contribution in [3.63, 3.8) is 0 Å². The van der Waals surface area contributed by atoms with Gasteiger partial charge in [0.2, 0.25) is 0 Å². The van der Waals surface area contributed by atoms with Crippen LogP contribution < -0.4 is 0 Å². The summed E-state index contributed by atoms with van der Waals surface area (Å²) in [5.41, 5.74) is 0.930. The fourth-order valence-corrected chi connectivity index (χ4v) is 4.16. The van der Waals surface area contributed by atoms with Gasteiger partial charge in [0, 0.05) is 0 Å². The Morgan fingerprint density at radius 3 is 2.40 bits per heavy atom. The van der Waals surface area contributed by atoms with E-state index in [1.54, 1.807) is 12.8 Å². The van der Waals surface area contributed by atoms with E-state index in [2.05, 4.69) is 13.8 Å². The van der Waals surface area contributed by atoms with E-state index in [1.807, 2.05) is 0 Å². The molecule has 0 heteroatoms. The molecule has 3 aliphatic carbocycles. The SMILES string of the molecule is CC1CC(C)C23CC2CC13. The Bertz CT molecular complexity index is 182. The van der Waals surface area contributed by atoms with Crippen LogP contribution in [0.2, 0.25) is 0 Å². The van der Waals surface area contributed by atoms with E-state index in [9.17, 15) is 0 Å². The molecular weight excluding hydrogens is 120 g/mol. The summed E-state index contributed by atoms with van der Waals surface area (Å²) in [6.07, 6.45) is 4.72. The van der Waals surface area contributed by atoms with Crippen LogP contribution in [0.25, 0.3) is 0 Å². The molecule has 0 aromatic rings. The molecule has 5 atom stereocenters. The summed E-state index contributed by atoms with van der Waals surface area (Å²) in [7, 11) is 0. The standard InChI is InChI=1S/C10H16/c1-6-3-7(2)10-5-8(10)4-9(6)10/h6-9H,3-5H2,1-2H3. The molecule has 0 aromatic carbocycles. The monoisotopic (exact) mass is 136 g/mol. The topological polar surface area (TPSA) is 0 Å². The van der Waals surface area contributed by atoms with E-state index in [0.29, 0.717) is 0 Å². The molecule has 0 amide bonds. The summed E-state index contributed by atoms with van der Waals surface area (Å²) >= 11 is 0. The van der Waals surface area contributed by atoms with Gasteiger partial charge in [-0.15, -0.1) is 0 Å². The molecule has 0 aromatic heterocycles. The van der Waals surface area contributed by atoms with E-state index in [1.165, 1.54) is 12.3 Å². The highest BCUT2D eigenvalue weighted by atomic mass is 14.8. The number of rotatable bonds is 0. The van der Waals surface area contributed by atoms with Gasteiger partial charge in [0.15, 0.2) is 0 Å². The fraction of sp³-hybridized carbons (Fsp3) is 1.00. The van der Waals surface area contributed by atoms with Gasteiger partial charge in [-0.25, -0.2) is 0 Å². The predicted octanol–water partition coefficient (Wildman–Crippen LogP) is 2.69. The van der Waals surface area contributed by atoms with E-state index in [4.69, 9.17) is 0 Å². The van der Waals surface area contributed by atoms with Crippen LogP contribution in [-0.4, -0.2) is 0 Å². The Morgan fingerprint density at radius 2 is 2.00 bits per heavy atom. The number of hydrogen-bond donors (Lipinski definition) is 0. The maximum atomic E-state index is 2.48. The summed E-state index contributed by atoms with van der Waals surface area (Å²) < 4.78 is 0. The van der Waals surface area contributed by atoms with Crippen LogP contribution in [0.5, 0.6) is 0 Å². The average Bonchev–Trinajstić information content (AvgIpc) is 2.30. The van der Waals surface area contributed by atoms with Gasteiger partial charge >= 0.3 is 0 Å². The molecule has 3 saturated carbocycles. The first-order valence-corrected chi connectivity index (χ1v) is 4.75. The fourth-order valence-electron chi connectivity index (χ4n) is 4.16. The first kappa shape index (κ1) is 5.62. The molecule has 0 heterocycles. The van der Waals surface area contributed by atoms with Gasteiger partial charge in [-0.2, -0.15) is 0 Å². The van der Waals surface area contributed by atoms with Crippen LogP contribution in [0.1, 0.15) is 33.1 Å². The normalized spacial score (nSPS) is 70.2. The second-order valence-electron chi connectivity index (χ2n) is 4.97. The van der Waals surface area contributed by atoms with Crippen molar-refractivity contribution in [2.24, 2.45) is 29.1 Å². The molecule has 3 fully saturated rings. The van der Waals surface area contributed by atoms with E-state index in [0.717, 1.165) is 23.2 Å². The maximum absolute atomic E-state index is 2.48. The molecular formula is C10H16. The smallest absolute Gasteiger partial charge is 0.0209 e. The lowest BCUT2D eigenvalue weighted by Crippen LogP contribution is -2.29. The quantitative estimate of drug-likeness (QED) is 0.480. The van der Waals surface area contributed by atoms with Crippen molar-refractivity contribution < 1.29 is 0 Å². The van der Waals surface area contributed by atoms with Crippen molar-refractivity contribution in [2.45, 2.75) is 33.1 Å². The van der Waals surface area contributed by atoms with Gasteiger partial charge in [-0.3, -0.25) is 0 Å². The summed E-state index contributed by atoms with van der Waals surface area (Å²) in [5, 5.41) is 0. The molecule has 10 heavy (non-hydrogen) atoms. The first-order chi connectivity index (χ1) is 4.75. The molecule has 56 valence electrons. The van der Waals surface area contributed by atoms with Crippen molar-refractivity contribution in [1.82, 2.24) is 0 Å². The van der Waals surface area contributed by atoms with Crippen LogP contribution >= 0.6 is 0 Å². The largest absolute Gasteiger partial charge is 0.0622 e. The second kappa shape index (κ2) is 1.31. The van der Waals surface area contributed by atoms with Crippen LogP contribution in [-0.2, 0) is 0 Å². The highest BCUT2D eigenvalue weighted by Gasteiger charge is 2.73. The lowest BCUT2D eigenvalue weighted by Gasteiger charge is -2.34. The zero-order valence-corrected chi connectivity index (χ0v) is 6.93. The second-order valence-corrected chi connectivity index (χ2v) is 4.97. The summed E-state index contributed by atoms with van der Waals surface area (Å²) in [6, 6.07) is 0. The van der Waals surface area contributed by atoms with Gasteiger partial charge in [0.05, 0.1) is 0 Å². The lowest BCUT2D eigenvalue weighted by molar-refractivity contribution is 0.135.